The fourth-order valence-corrected chi connectivity index (χ4v) is 2.81. The number of rotatable bonds is 13. The minimum absolute atomic E-state index is 0.567. The molecule has 0 aromatic carbocycles. The highest BCUT2D eigenvalue weighted by atomic mass is 32.3. The van der Waals surface area contributed by atoms with Crippen molar-refractivity contribution in [2.45, 2.75) is 71.1 Å². The molecule has 0 unspecified atom stereocenters. The molecule has 0 atom stereocenters. The van der Waals surface area contributed by atoms with Crippen LogP contribution in [0.4, 0.5) is 0 Å². The molecule has 110 valence electrons. The zero-order valence-corrected chi connectivity index (χ0v) is 12.9. The summed E-state index contributed by atoms with van der Waals surface area (Å²) < 4.78 is 34.4. The average Bonchev–Trinajstić information content (AvgIpc) is 2.29. The van der Waals surface area contributed by atoms with Crippen molar-refractivity contribution in [2.75, 3.05) is 5.75 Å². The van der Waals surface area contributed by atoms with Crippen LogP contribution in [-0.2, 0) is 14.0 Å². The first-order chi connectivity index (χ1) is 8.56. The van der Waals surface area contributed by atoms with Gasteiger partial charge in [0.1, 0.15) is 0 Å². The molecular weight excluding hydrogens is 272 g/mol. The van der Waals surface area contributed by atoms with Crippen LogP contribution in [0.1, 0.15) is 71.1 Å². The Morgan fingerprint density at radius 3 is 1.78 bits per heavy atom. The van der Waals surface area contributed by atoms with Gasteiger partial charge in [0.25, 0.3) is 0 Å². The molecule has 0 heterocycles. The quantitative estimate of drug-likeness (QED) is 0.222. The third-order valence-electron chi connectivity index (χ3n) is 2.71. The molecule has 0 aliphatic heterocycles. The van der Waals surface area contributed by atoms with E-state index in [1.54, 1.807) is 0 Å². The molecule has 0 aliphatic carbocycles. The first-order valence-electron chi connectivity index (χ1n) is 6.83. The van der Waals surface area contributed by atoms with Crippen LogP contribution < -0.4 is 0 Å². The summed E-state index contributed by atoms with van der Waals surface area (Å²) in [7, 11) is -4.52. The Morgan fingerprint density at radius 1 is 0.889 bits per heavy atom. The van der Waals surface area contributed by atoms with Crippen LogP contribution in [0, 0.1) is 0 Å². The number of unbranched alkanes of at least 4 members (excludes halogenated alkanes) is 9. The Bertz CT molecular complexity index is 265. The zero-order chi connectivity index (χ0) is 13.7. The van der Waals surface area contributed by atoms with Crippen LogP contribution in [0.15, 0.2) is 0 Å². The molecule has 0 radical (unpaired) electrons. The second-order valence-electron chi connectivity index (χ2n) is 4.48. The van der Waals surface area contributed by atoms with Crippen molar-refractivity contribution in [3.8, 4) is 0 Å². The maximum atomic E-state index is 10.1. The highest BCUT2D eigenvalue weighted by molar-refractivity contribution is 8.02. The summed E-state index contributed by atoms with van der Waals surface area (Å²) in [5.74, 6) is 0.567. The Morgan fingerprint density at radius 2 is 1.33 bits per heavy atom. The summed E-state index contributed by atoms with van der Waals surface area (Å²) in [6.45, 7) is 2.22. The van der Waals surface area contributed by atoms with Crippen LogP contribution in [0.5, 0.6) is 0 Å². The Kier molecular flexibility index (Phi) is 12.4. The molecule has 0 saturated carbocycles. The van der Waals surface area contributed by atoms with Crippen molar-refractivity contribution in [1.82, 2.24) is 0 Å². The molecule has 0 saturated heterocycles. The maximum Gasteiger partial charge on any atom is 0.228 e. The molecule has 0 N–H and O–H groups in total. The van der Waals surface area contributed by atoms with Crippen molar-refractivity contribution < 1.29 is 16.6 Å². The molecule has 18 heavy (non-hydrogen) atoms. The standard InChI is InChI=1S/C12H26O4S2/c1-2-3-4-5-6-7-8-9-10-11-12-17-16-18(13,14)15/h2-12H2,1H3,(H,13,14,15)/p-1. The predicted molar refractivity (Wildman–Crippen MR) is 75.1 cm³/mol. The van der Waals surface area contributed by atoms with Gasteiger partial charge in [0.2, 0.25) is 10.4 Å². The van der Waals surface area contributed by atoms with E-state index in [2.05, 4.69) is 10.6 Å². The topological polar surface area (TPSA) is 66.4 Å². The normalized spacial score (nSPS) is 11.9. The molecule has 6 heteroatoms. The van der Waals surface area contributed by atoms with Gasteiger partial charge in [-0.15, -0.1) is 0 Å². The zero-order valence-electron chi connectivity index (χ0n) is 11.2. The lowest BCUT2D eigenvalue weighted by molar-refractivity contribution is 0.391. The van der Waals surface area contributed by atoms with Crippen molar-refractivity contribution in [3.63, 3.8) is 0 Å². The van der Waals surface area contributed by atoms with Crippen molar-refractivity contribution >= 4 is 22.4 Å². The fraction of sp³-hybridized carbons (Fsp3) is 1.00. The van der Waals surface area contributed by atoms with Gasteiger partial charge in [-0.1, -0.05) is 64.7 Å². The van der Waals surface area contributed by atoms with Gasteiger partial charge in [0.05, 0.1) is 0 Å². The molecule has 0 aromatic rings. The van der Waals surface area contributed by atoms with Crippen molar-refractivity contribution in [3.05, 3.63) is 0 Å². The Labute approximate surface area is 116 Å². The smallest absolute Gasteiger partial charge is 0.228 e. The first-order valence-corrected chi connectivity index (χ1v) is 9.07. The van der Waals surface area contributed by atoms with Gasteiger partial charge < -0.3 is 4.55 Å². The second-order valence-corrected chi connectivity index (χ2v) is 6.49. The van der Waals surface area contributed by atoms with Crippen molar-refractivity contribution in [2.24, 2.45) is 0 Å². The first kappa shape index (κ1) is 18.2. The minimum atomic E-state index is -4.52. The van der Waals surface area contributed by atoms with Gasteiger partial charge in [0.15, 0.2) is 0 Å². The SMILES string of the molecule is CCCCCCCCCCCCSOS(=O)(=O)[O-]. The lowest BCUT2D eigenvalue weighted by Crippen LogP contribution is -1.98. The lowest BCUT2D eigenvalue weighted by Gasteiger charge is -2.05. The molecule has 4 nitrogen and oxygen atoms in total. The van der Waals surface area contributed by atoms with E-state index in [0.29, 0.717) is 5.75 Å². The Hall–Kier alpha value is 0.220. The van der Waals surface area contributed by atoms with Crippen LogP contribution in [-0.4, -0.2) is 18.7 Å². The monoisotopic (exact) mass is 297 g/mol. The highest BCUT2D eigenvalue weighted by Crippen LogP contribution is 2.13. The van der Waals surface area contributed by atoms with Crippen LogP contribution in [0.25, 0.3) is 0 Å². The van der Waals surface area contributed by atoms with Crippen LogP contribution >= 0.6 is 12.0 Å². The molecule has 0 bridgehead atoms. The molecule has 0 spiro atoms. The van der Waals surface area contributed by atoms with Crippen molar-refractivity contribution in [1.29, 1.82) is 0 Å². The van der Waals surface area contributed by atoms with Gasteiger partial charge in [-0.25, -0.2) is 12.0 Å². The molecular formula is C12H25O4S2-. The van der Waals surface area contributed by atoms with E-state index in [9.17, 15) is 13.0 Å². The van der Waals surface area contributed by atoms with E-state index in [-0.39, 0.29) is 0 Å². The number of hydrogen-bond donors (Lipinski definition) is 0. The summed E-state index contributed by atoms with van der Waals surface area (Å²) in [6, 6.07) is 0. The van der Waals surface area contributed by atoms with Crippen LogP contribution in [0.2, 0.25) is 0 Å². The van der Waals surface area contributed by atoms with Gasteiger partial charge in [0, 0.05) is 17.8 Å². The largest absolute Gasteiger partial charge is 0.725 e. The molecule has 0 aliphatic rings. The van der Waals surface area contributed by atoms with E-state index in [1.807, 2.05) is 0 Å². The molecule has 0 fully saturated rings. The van der Waals surface area contributed by atoms with Crippen LogP contribution in [0.3, 0.4) is 0 Å². The summed E-state index contributed by atoms with van der Waals surface area (Å²) in [5.41, 5.74) is 0. The third-order valence-corrected chi connectivity index (χ3v) is 4.22. The molecule has 0 aromatic heterocycles. The molecule has 0 amide bonds. The summed E-state index contributed by atoms with van der Waals surface area (Å²) in [4.78, 5) is 0. The third kappa shape index (κ3) is 16.2. The van der Waals surface area contributed by atoms with Gasteiger partial charge in [-0.05, 0) is 6.42 Å². The fourth-order valence-electron chi connectivity index (χ4n) is 1.74. The average molecular weight is 297 g/mol. The lowest BCUT2D eigenvalue weighted by atomic mass is 10.1. The highest BCUT2D eigenvalue weighted by Gasteiger charge is 1.96. The summed E-state index contributed by atoms with van der Waals surface area (Å²) in [5, 5.41) is 0. The predicted octanol–water partition coefficient (Wildman–Crippen LogP) is 4.03. The van der Waals surface area contributed by atoms with Gasteiger partial charge in [-0.3, -0.25) is 0 Å². The van der Waals surface area contributed by atoms with E-state index in [4.69, 9.17) is 0 Å². The molecule has 0 rings (SSSR count). The van der Waals surface area contributed by atoms with E-state index in [0.717, 1.165) is 24.9 Å². The van der Waals surface area contributed by atoms with E-state index < -0.39 is 10.4 Å². The van der Waals surface area contributed by atoms with Gasteiger partial charge in [-0.2, -0.15) is 0 Å². The minimum Gasteiger partial charge on any atom is -0.725 e. The maximum absolute atomic E-state index is 10.1. The Balaban J connectivity index is 3.03. The summed E-state index contributed by atoms with van der Waals surface area (Å²) in [6.07, 6.45) is 12.4. The second kappa shape index (κ2) is 12.3. The van der Waals surface area contributed by atoms with E-state index in [1.165, 1.54) is 51.4 Å². The van der Waals surface area contributed by atoms with Gasteiger partial charge >= 0.3 is 0 Å². The summed E-state index contributed by atoms with van der Waals surface area (Å²) >= 11 is 0.737. The number of hydrogen-bond acceptors (Lipinski definition) is 5. The van der Waals surface area contributed by atoms with E-state index >= 15 is 0 Å².